The largest absolute Gasteiger partial charge is 0.348 e. The number of fused-ring (bicyclic) bond motifs is 1. The van der Waals surface area contributed by atoms with Gasteiger partial charge >= 0.3 is 11.1 Å². The van der Waals surface area contributed by atoms with Gasteiger partial charge in [0.1, 0.15) is 0 Å². The van der Waals surface area contributed by atoms with Crippen LogP contribution in [0.5, 0.6) is 0 Å². The first kappa shape index (κ1) is 20.6. The molecule has 3 aromatic carbocycles. The highest BCUT2D eigenvalue weighted by Gasteiger charge is 2.11. The van der Waals surface area contributed by atoms with Crippen molar-refractivity contribution in [1.29, 1.82) is 0 Å². The molecule has 0 aliphatic heterocycles. The first-order valence-corrected chi connectivity index (χ1v) is 10.1. The third-order valence-corrected chi connectivity index (χ3v) is 5.44. The van der Waals surface area contributed by atoms with Gasteiger partial charge in [0.05, 0.1) is 17.6 Å². The number of benzene rings is 3. The lowest BCUT2D eigenvalue weighted by molar-refractivity contribution is 0.0951. The van der Waals surface area contributed by atoms with E-state index in [2.05, 4.69) is 5.32 Å². The summed E-state index contributed by atoms with van der Waals surface area (Å²) in [5.74, 6) is -0.197. The number of halogens is 1. The van der Waals surface area contributed by atoms with Crippen LogP contribution in [0.2, 0.25) is 5.02 Å². The predicted octanol–water partition coefficient (Wildman–Crippen LogP) is 3.33. The molecular weight excluding hydrogens is 414 g/mol. The first-order valence-electron chi connectivity index (χ1n) is 9.74. The number of aryl methyl sites for hydroxylation is 1. The van der Waals surface area contributed by atoms with Crippen LogP contribution in [0.4, 0.5) is 0 Å². The molecule has 1 amide bonds. The smallest absolute Gasteiger partial charge is 0.317 e. The lowest BCUT2D eigenvalue weighted by Gasteiger charge is -2.13. The Hall–Kier alpha value is -3.64. The second kappa shape index (κ2) is 8.62. The molecule has 31 heavy (non-hydrogen) atoms. The van der Waals surface area contributed by atoms with Gasteiger partial charge in [0.15, 0.2) is 0 Å². The van der Waals surface area contributed by atoms with Crippen LogP contribution in [-0.4, -0.2) is 15.0 Å². The molecule has 0 unspecified atom stereocenters. The van der Waals surface area contributed by atoms with Crippen LogP contribution in [0.1, 0.15) is 21.5 Å². The normalized spacial score (nSPS) is 10.9. The number of carbonyl (C=O) groups excluding carboxylic acids is 1. The van der Waals surface area contributed by atoms with Gasteiger partial charge in [-0.3, -0.25) is 19.0 Å². The van der Waals surface area contributed by atoms with Crippen molar-refractivity contribution in [3.8, 4) is 0 Å². The molecule has 0 aliphatic carbocycles. The van der Waals surface area contributed by atoms with Gasteiger partial charge in [-0.25, -0.2) is 0 Å². The van der Waals surface area contributed by atoms with Gasteiger partial charge in [-0.05, 0) is 47.5 Å². The molecule has 0 spiro atoms. The zero-order valence-electron chi connectivity index (χ0n) is 16.8. The first-order chi connectivity index (χ1) is 14.9. The van der Waals surface area contributed by atoms with Crippen molar-refractivity contribution in [2.75, 3.05) is 0 Å². The number of nitrogens with one attached hydrogen (secondary N) is 1. The minimum Gasteiger partial charge on any atom is -0.348 e. The Labute approximate surface area is 183 Å². The summed E-state index contributed by atoms with van der Waals surface area (Å²) in [5.41, 5.74) is 2.49. The molecule has 0 atom stereocenters. The van der Waals surface area contributed by atoms with E-state index in [9.17, 15) is 14.4 Å². The van der Waals surface area contributed by atoms with E-state index in [1.54, 1.807) is 49.5 Å². The van der Waals surface area contributed by atoms with Gasteiger partial charge in [0.25, 0.3) is 5.91 Å². The SMILES string of the molecule is Cn1c(=O)c(=O)n(Cc2ccc(C(=O)NCc3ccc(Cl)cc3)cc2)c2ccccc21. The Morgan fingerprint density at radius 2 is 1.45 bits per heavy atom. The summed E-state index contributed by atoms with van der Waals surface area (Å²) < 4.78 is 2.83. The molecule has 0 aliphatic rings. The van der Waals surface area contributed by atoms with Crippen LogP contribution in [0.25, 0.3) is 11.0 Å². The predicted molar refractivity (Wildman–Crippen MR) is 122 cm³/mol. The van der Waals surface area contributed by atoms with Crippen molar-refractivity contribution in [1.82, 2.24) is 14.5 Å². The Morgan fingerprint density at radius 1 is 0.839 bits per heavy atom. The van der Waals surface area contributed by atoms with E-state index < -0.39 is 11.1 Å². The average molecular weight is 434 g/mol. The fraction of sp³-hybridized carbons (Fsp3) is 0.125. The zero-order valence-corrected chi connectivity index (χ0v) is 17.6. The van der Waals surface area contributed by atoms with E-state index in [4.69, 9.17) is 11.6 Å². The van der Waals surface area contributed by atoms with Crippen LogP contribution in [0, 0.1) is 0 Å². The third-order valence-electron chi connectivity index (χ3n) is 5.19. The number of aromatic nitrogens is 2. The molecule has 0 bridgehead atoms. The van der Waals surface area contributed by atoms with Crippen molar-refractivity contribution in [2.45, 2.75) is 13.1 Å². The summed E-state index contributed by atoms with van der Waals surface area (Å²) in [5, 5.41) is 3.52. The summed E-state index contributed by atoms with van der Waals surface area (Å²) in [7, 11) is 1.59. The van der Waals surface area contributed by atoms with Crippen LogP contribution < -0.4 is 16.4 Å². The van der Waals surface area contributed by atoms with E-state index >= 15 is 0 Å². The number of carbonyl (C=O) groups is 1. The number of rotatable bonds is 5. The minimum atomic E-state index is -0.578. The lowest BCUT2D eigenvalue weighted by Crippen LogP contribution is -2.40. The lowest BCUT2D eigenvalue weighted by atomic mass is 10.1. The summed E-state index contributed by atoms with van der Waals surface area (Å²) >= 11 is 5.87. The summed E-state index contributed by atoms with van der Waals surface area (Å²) in [6, 6.07) is 21.5. The van der Waals surface area contributed by atoms with Crippen molar-refractivity contribution in [3.63, 3.8) is 0 Å². The van der Waals surface area contributed by atoms with Gasteiger partial charge in [-0.2, -0.15) is 0 Å². The summed E-state index contributed by atoms with van der Waals surface area (Å²) in [6.45, 7) is 0.633. The van der Waals surface area contributed by atoms with Crippen molar-refractivity contribution in [2.24, 2.45) is 7.05 Å². The molecule has 0 saturated heterocycles. The Bertz CT molecular complexity index is 1370. The van der Waals surface area contributed by atoms with Gasteiger partial charge < -0.3 is 9.88 Å². The van der Waals surface area contributed by atoms with E-state index in [1.807, 2.05) is 30.3 Å². The molecule has 6 nitrogen and oxygen atoms in total. The minimum absolute atomic E-state index is 0.197. The Morgan fingerprint density at radius 3 is 2.13 bits per heavy atom. The molecule has 0 radical (unpaired) electrons. The van der Waals surface area contributed by atoms with Crippen LogP contribution >= 0.6 is 11.6 Å². The van der Waals surface area contributed by atoms with Crippen molar-refractivity contribution >= 4 is 28.5 Å². The standard InChI is InChI=1S/C24H20ClN3O3/c1-27-20-4-2-3-5-21(20)28(24(31)23(27)30)15-17-6-10-18(11-7-17)22(29)26-14-16-8-12-19(25)13-9-16/h2-13H,14-15H2,1H3,(H,26,29). The highest BCUT2D eigenvalue weighted by atomic mass is 35.5. The van der Waals surface area contributed by atoms with Gasteiger partial charge in [-0.15, -0.1) is 0 Å². The van der Waals surface area contributed by atoms with E-state index in [0.29, 0.717) is 28.2 Å². The van der Waals surface area contributed by atoms with Gasteiger partial charge in [0, 0.05) is 24.2 Å². The highest BCUT2D eigenvalue weighted by Crippen LogP contribution is 2.13. The van der Waals surface area contributed by atoms with Crippen molar-refractivity contribution < 1.29 is 4.79 Å². The molecule has 156 valence electrons. The molecule has 0 saturated carbocycles. The maximum absolute atomic E-state index is 12.6. The second-order valence-corrected chi connectivity index (χ2v) is 7.69. The number of hydrogen-bond donors (Lipinski definition) is 1. The maximum Gasteiger partial charge on any atom is 0.317 e. The van der Waals surface area contributed by atoms with Crippen molar-refractivity contribution in [3.05, 3.63) is 115 Å². The number of amides is 1. The molecular formula is C24H20ClN3O3. The van der Waals surface area contributed by atoms with Gasteiger partial charge in [0.2, 0.25) is 0 Å². The van der Waals surface area contributed by atoms with Crippen LogP contribution in [0.15, 0.2) is 82.4 Å². The molecule has 4 rings (SSSR count). The number of para-hydroxylation sites is 2. The fourth-order valence-electron chi connectivity index (χ4n) is 3.44. The Kier molecular flexibility index (Phi) is 5.73. The average Bonchev–Trinajstić information content (AvgIpc) is 2.80. The van der Waals surface area contributed by atoms with Gasteiger partial charge in [-0.1, -0.05) is 48.0 Å². The second-order valence-electron chi connectivity index (χ2n) is 7.25. The monoisotopic (exact) mass is 433 g/mol. The maximum atomic E-state index is 12.6. The zero-order chi connectivity index (χ0) is 22.0. The van der Waals surface area contributed by atoms with Crippen LogP contribution in [0.3, 0.4) is 0 Å². The molecule has 1 aromatic heterocycles. The molecule has 0 fully saturated rings. The number of nitrogens with zero attached hydrogens (tertiary/aromatic N) is 2. The van der Waals surface area contributed by atoms with E-state index in [0.717, 1.165) is 11.1 Å². The summed E-state index contributed by atoms with van der Waals surface area (Å²) in [6.07, 6.45) is 0. The van der Waals surface area contributed by atoms with E-state index in [-0.39, 0.29) is 12.5 Å². The van der Waals surface area contributed by atoms with E-state index in [1.165, 1.54) is 9.13 Å². The molecule has 7 heteroatoms. The van der Waals surface area contributed by atoms with Crippen LogP contribution in [-0.2, 0) is 20.1 Å². The Balaban J connectivity index is 1.53. The third kappa shape index (κ3) is 4.29. The topological polar surface area (TPSA) is 73.1 Å². The summed E-state index contributed by atoms with van der Waals surface area (Å²) in [4.78, 5) is 37.3. The number of hydrogen-bond acceptors (Lipinski definition) is 3. The fourth-order valence-corrected chi connectivity index (χ4v) is 3.57. The molecule has 1 N–H and O–H groups in total. The quantitative estimate of drug-likeness (QED) is 0.491. The molecule has 4 aromatic rings. The highest BCUT2D eigenvalue weighted by molar-refractivity contribution is 6.30. The molecule has 1 heterocycles.